The fourth-order valence-electron chi connectivity index (χ4n) is 0.279. The van der Waals surface area contributed by atoms with Crippen LogP contribution in [-0.2, 0) is 4.79 Å². The molecule has 3 N–H and O–H groups in total. The number of hydrogen-bond acceptors (Lipinski definition) is 3. The molecule has 0 saturated carbocycles. The van der Waals surface area contributed by atoms with Crippen molar-refractivity contribution < 1.29 is 4.79 Å². The molecule has 0 aromatic rings. The Morgan fingerprint density at radius 1 is 1.78 bits per heavy atom. The van der Waals surface area contributed by atoms with E-state index in [2.05, 4.69) is 4.72 Å². The third-order valence-electron chi connectivity index (χ3n) is 0.565. The number of primary amides is 1. The van der Waals surface area contributed by atoms with Crippen LogP contribution in [0, 0.1) is 0 Å². The van der Waals surface area contributed by atoms with Gasteiger partial charge in [-0.1, -0.05) is 25.8 Å². The zero-order chi connectivity index (χ0) is 7.28. The van der Waals surface area contributed by atoms with E-state index < -0.39 is 0 Å². The first-order valence-corrected chi connectivity index (χ1v) is 3.67. The van der Waals surface area contributed by atoms with Crippen LogP contribution >= 0.6 is 11.9 Å². The molecule has 0 saturated heterocycles. The van der Waals surface area contributed by atoms with Gasteiger partial charge in [-0.2, -0.15) is 0 Å². The first-order chi connectivity index (χ1) is 4.13. The Bertz CT molecular complexity index is 95.0. The lowest BCUT2D eigenvalue weighted by Gasteiger charge is -2.02. The monoisotopic (exact) mass is 148 g/mol. The SMILES string of the molecule is CC(C)SNCC(N)=O. The zero-order valence-corrected chi connectivity index (χ0v) is 6.49. The van der Waals surface area contributed by atoms with E-state index in [1.807, 2.05) is 13.8 Å². The molecule has 0 aliphatic carbocycles. The number of amides is 1. The van der Waals surface area contributed by atoms with Gasteiger partial charge in [0.1, 0.15) is 0 Å². The van der Waals surface area contributed by atoms with E-state index >= 15 is 0 Å². The van der Waals surface area contributed by atoms with Crippen molar-refractivity contribution in [2.45, 2.75) is 19.1 Å². The molecule has 1 amide bonds. The van der Waals surface area contributed by atoms with Gasteiger partial charge in [-0.15, -0.1) is 0 Å². The average Bonchev–Trinajstić information content (AvgIpc) is 1.63. The van der Waals surface area contributed by atoms with E-state index in [1.54, 1.807) is 0 Å². The second-order valence-electron chi connectivity index (χ2n) is 1.95. The van der Waals surface area contributed by atoms with Crippen LogP contribution in [0.5, 0.6) is 0 Å². The highest BCUT2D eigenvalue weighted by Crippen LogP contribution is 2.01. The van der Waals surface area contributed by atoms with Gasteiger partial charge < -0.3 is 5.73 Å². The van der Waals surface area contributed by atoms with E-state index in [-0.39, 0.29) is 12.5 Å². The summed E-state index contributed by atoms with van der Waals surface area (Å²) in [4.78, 5) is 10.1. The fourth-order valence-corrected chi connectivity index (χ4v) is 0.838. The maximum atomic E-state index is 10.1. The lowest BCUT2D eigenvalue weighted by molar-refractivity contribution is -0.116. The molecule has 0 aliphatic rings. The second-order valence-corrected chi connectivity index (χ2v) is 3.42. The number of rotatable bonds is 4. The molecule has 54 valence electrons. The summed E-state index contributed by atoms with van der Waals surface area (Å²) >= 11 is 1.51. The number of nitrogens with two attached hydrogens (primary N) is 1. The number of nitrogens with one attached hydrogen (secondary N) is 1. The van der Waals surface area contributed by atoms with E-state index in [1.165, 1.54) is 11.9 Å². The van der Waals surface area contributed by atoms with Crippen LogP contribution in [-0.4, -0.2) is 17.7 Å². The normalized spacial score (nSPS) is 10.1. The minimum absolute atomic E-state index is 0.253. The maximum Gasteiger partial charge on any atom is 0.232 e. The summed E-state index contributed by atoms with van der Waals surface area (Å²) in [5.41, 5.74) is 4.86. The summed E-state index contributed by atoms with van der Waals surface area (Å²) in [6, 6.07) is 0. The third kappa shape index (κ3) is 7.78. The number of hydrogen-bond donors (Lipinski definition) is 2. The number of carbonyl (C=O) groups is 1. The predicted molar refractivity (Wildman–Crippen MR) is 39.9 cm³/mol. The summed E-state index contributed by atoms with van der Waals surface area (Å²) < 4.78 is 2.83. The number of carbonyl (C=O) groups excluding carboxylic acids is 1. The van der Waals surface area contributed by atoms with Gasteiger partial charge in [0, 0.05) is 5.25 Å². The lowest BCUT2D eigenvalue weighted by Crippen LogP contribution is -2.25. The average molecular weight is 148 g/mol. The Labute approximate surface area is 59.5 Å². The standard InChI is InChI=1S/C5H12N2OS/c1-4(2)9-7-3-5(6)8/h4,7H,3H2,1-2H3,(H2,6,8). The van der Waals surface area contributed by atoms with Crippen molar-refractivity contribution in [1.29, 1.82) is 0 Å². The van der Waals surface area contributed by atoms with Crippen LogP contribution in [0.4, 0.5) is 0 Å². The van der Waals surface area contributed by atoms with Gasteiger partial charge in [0.2, 0.25) is 5.91 Å². The first kappa shape index (κ1) is 8.78. The Morgan fingerprint density at radius 3 is 2.67 bits per heavy atom. The molecule has 0 radical (unpaired) electrons. The molecule has 3 nitrogen and oxygen atoms in total. The Balaban J connectivity index is 3.01. The van der Waals surface area contributed by atoms with Crippen LogP contribution in [0.2, 0.25) is 0 Å². The predicted octanol–water partition coefficient (Wildman–Crippen LogP) is 0.118. The smallest absolute Gasteiger partial charge is 0.232 e. The van der Waals surface area contributed by atoms with Gasteiger partial charge in [0.05, 0.1) is 6.54 Å². The van der Waals surface area contributed by atoms with Crippen molar-refractivity contribution in [1.82, 2.24) is 4.72 Å². The molecule has 0 bridgehead atoms. The van der Waals surface area contributed by atoms with Crippen LogP contribution in [0.25, 0.3) is 0 Å². The summed E-state index contributed by atoms with van der Waals surface area (Å²) in [6.45, 7) is 4.33. The first-order valence-electron chi connectivity index (χ1n) is 2.79. The molecule has 0 aromatic carbocycles. The second kappa shape index (κ2) is 4.64. The van der Waals surface area contributed by atoms with Gasteiger partial charge >= 0.3 is 0 Å². The minimum atomic E-state index is -0.317. The summed E-state index contributed by atoms with van der Waals surface area (Å²) in [5, 5.41) is 0.490. The maximum absolute atomic E-state index is 10.1. The lowest BCUT2D eigenvalue weighted by atomic mass is 10.6. The van der Waals surface area contributed by atoms with E-state index in [4.69, 9.17) is 5.73 Å². The quantitative estimate of drug-likeness (QED) is 0.557. The zero-order valence-electron chi connectivity index (χ0n) is 5.68. The van der Waals surface area contributed by atoms with Crippen LogP contribution < -0.4 is 10.5 Å². The Morgan fingerprint density at radius 2 is 2.33 bits per heavy atom. The summed E-state index contributed by atoms with van der Waals surface area (Å²) in [5.74, 6) is -0.317. The van der Waals surface area contributed by atoms with Gasteiger partial charge in [-0.3, -0.25) is 9.52 Å². The third-order valence-corrected chi connectivity index (χ3v) is 1.35. The van der Waals surface area contributed by atoms with Crippen LogP contribution in [0.1, 0.15) is 13.8 Å². The molecule has 0 rings (SSSR count). The molecule has 4 heteroatoms. The Hall–Kier alpha value is -0.220. The molecule has 0 heterocycles. The molecule has 0 unspecified atom stereocenters. The largest absolute Gasteiger partial charge is 0.369 e. The van der Waals surface area contributed by atoms with Gasteiger partial charge in [0.15, 0.2) is 0 Å². The molecule has 0 atom stereocenters. The van der Waals surface area contributed by atoms with Crippen molar-refractivity contribution >= 4 is 17.9 Å². The van der Waals surface area contributed by atoms with Crippen LogP contribution in [0.3, 0.4) is 0 Å². The van der Waals surface area contributed by atoms with Crippen molar-refractivity contribution in [3.8, 4) is 0 Å². The Kier molecular flexibility index (Phi) is 4.53. The van der Waals surface area contributed by atoms with Gasteiger partial charge in [-0.25, -0.2) is 0 Å². The van der Waals surface area contributed by atoms with Gasteiger partial charge in [0.25, 0.3) is 0 Å². The fraction of sp³-hybridized carbons (Fsp3) is 0.800. The highest BCUT2D eigenvalue weighted by molar-refractivity contribution is 7.98. The topological polar surface area (TPSA) is 55.1 Å². The summed E-state index contributed by atoms with van der Waals surface area (Å²) in [6.07, 6.45) is 0. The molecular formula is C5H12N2OS. The van der Waals surface area contributed by atoms with Crippen molar-refractivity contribution in [2.24, 2.45) is 5.73 Å². The molecule has 9 heavy (non-hydrogen) atoms. The molecule has 0 aromatic heterocycles. The highest BCUT2D eigenvalue weighted by Gasteiger charge is 1.94. The molecule has 0 fully saturated rings. The van der Waals surface area contributed by atoms with E-state index in [9.17, 15) is 4.79 Å². The van der Waals surface area contributed by atoms with Crippen molar-refractivity contribution in [3.05, 3.63) is 0 Å². The minimum Gasteiger partial charge on any atom is -0.369 e. The molecular weight excluding hydrogens is 136 g/mol. The molecule has 0 aliphatic heterocycles. The van der Waals surface area contributed by atoms with E-state index in [0.29, 0.717) is 5.25 Å². The van der Waals surface area contributed by atoms with Crippen molar-refractivity contribution in [3.63, 3.8) is 0 Å². The summed E-state index contributed by atoms with van der Waals surface area (Å²) in [7, 11) is 0. The van der Waals surface area contributed by atoms with E-state index in [0.717, 1.165) is 0 Å². The van der Waals surface area contributed by atoms with Gasteiger partial charge in [-0.05, 0) is 0 Å². The van der Waals surface area contributed by atoms with Crippen molar-refractivity contribution in [2.75, 3.05) is 6.54 Å². The molecule has 0 spiro atoms. The highest BCUT2D eigenvalue weighted by atomic mass is 32.2. The van der Waals surface area contributed by atoms with Crippen LogP contribution in [0.15, 0.2) is 0 Å².